The molecule has 192 valence electrons. The highest BCUT2D eigenvalue weighted by Gasteiger charge is 2.40. The first-order chi connectivity index (χ1) is 17.9. The lowest BCUT2D eigenvalue weighted by molar-refractivity contribution is -0.136. The third-order valence-electron chi connectivity index (χ3n) is 7.60. The summed E-state index contributed by atoms with van der Waals surface area (Å²) in [5.41, 5.74) is 3.34. The van der Waals surface area contributed by atoms with Gasteiger partial charge in [-0.2, -0.15) is 0 Å². The molecule has 0 unspecified atom stereocenters. The van der Waals surface area contributed by atoms with Crippen molar-refractivity contribution >= 4 is 23.4 Å². The summed E-state index contributed by atoms with van der Waals surface area (Å²) >= 11 is 6.16. The third kappa shape index (κ3) is 5.77. The van der Waals surface area contributed by atoms with E-state index in [-0.39, 0.29) is 17.2 Å². The standard InChI is InChI=1S/C29H31ClN4O3/c1-21-26(17-31-20-32-21)28(36)33-13-10-29(11-14-33,19-37-25-8-4-7-24(30)15-25)16-27(35)34-12-9-22-5-2-3-6-23(22)18-34/h2-8,15,17,20H,9-14,16,18-19H2,1H3. The van der Waals surface area contributed by atoms with Crippen LogP contribution in [0.25, 0.3) is 0 Å². The number of carbonyl (C=O) groups excluding carboxylic acids is 2. The summed E-state index contributed by atoms with van der Waals surface area (Å²) in [4.78, 5) is 38.7. The van der Waals surface area contributed by atoms with Crippen molar-refractivity contribution in [3.8, 4) is 5.75 Å². The maximum Gasteiger partial charge on any atom is 0.257 e. The zero-order valence-electron chi connectivity index (χ0n) is 21.0. The molecule has 8 heteroatoms. The van der Waals surface area contributed by atoms with Crippen molar-refractivity contribution in [2.45, 2.75) is 39.2 Å². The van der Waals surface area contributed by atoms with Gasteiger partial charge in [-0.3, -0.25) is 9.59 Å². The minimum absolute atomic E-state index is 0.0681. The number of hydrogen-bond acceptors (Lipinski definition) is 5. The first-order valence-corrected chi connectivity index (χ1v) is 13.1. The largest absolute Gasteiger partial charge is 0.493 e. The summed E-state index contributed by atoms with van der Waals surface area (Å²) < 4.78 is 6.19. The zero-order valence-corrected chi connectivity index (χ0v) is 21.8. The van der Waals surface area contributed by atoms with Crippen LogP contribution >= 0.6 is 11.6 Å². The van der Waals surface area contributed by atoms with Crippen LogP contribution in [0.3, 0.4) is 0 Å². The highest BCUT2D eigenvalue weighted by molar-refractivity contribution is 6.30. The van der Waals surface area contributed by atoms with Gasteiger partial charge in [0.25, 0.3) is 5.91 Å². The quantitative estimate of drug-likeness (QED) is 0.472. The molecule has 3 aromatic rings. The van der Waals surface area contributed by atoms with Crippen LogP contribution in [0.2, 0.25) is 5.02 Å². The Kier molecular flexibility index (Phi) is 7.42. The Labute approximate surface area is 222 Å². The van der Waals surface area contributed by atoms with Gasteiger partial charge in [0.1, 0.15) is 12.1 Å². The molecule has 0 spiro atoms. The van der Waals surface area contributed by atoms with E-state index in [0.29, 0.717) is 67.5 Å². The Morgan fingerprint density at radius 3 is 2.57 bits per heavy atom. The predicted molar refractivity (Wildman–Crippen MR) is 141 cm³/mol. The van der Waals surface area contributed by atoms with Crippen LogP contribution < -0.4 is 4.74 Å². The highest BCUT2D eigenvalue weighted by atomic mass is 35.5. The van der Waals surface area contributed by atoms with Gasteiger partial charge in [0, 0.05) is 49.2 Å². The molecule has 3 heterocycles. The molecule has 1 saturated heterocycles. The van der Waals surface area contributed by atoms with Gasteiger partial charge in [-0.25, -0.2) is 9.97 Å². The van der Waals surface area contributed by atoms with Crippen LogP contribution in [-0.2, 0) is 17.8 Å². The number of likely N-dealkylation sites (tertiary alicyclic amines) is 1. The Morgan fingerprint density at radius 1 is 1.03 bits per heavy atom. The van der Waals surface area contributed by atoms with E-state index in [1.807, 2.05) is 34.9 Å². The lowest BCUT2D eigenvalue weighted by atomic mass is 9.75. The normalized spacial score (nSPS) is 16.7. The van der Waals surface area contributed by atoms with E-state index in [2.05, 4.69) is 28.2 Å². The van der Waals surface area contributed by atoms with Crippen molar-refractivity contribution in [2.75, 3.05) is 26.2 Å². The van der Waals surface area contributed by atoms with Crippen molar-refractivity contribution in [1.82, 2.24) is 19.8 Å². The highest BCUT2D eigenvalue weighted by Crippen LogP contribution is 2.38. The van der Waals surface area contributed by atoms with Gasteiger partial charge < -0.3 is 14.5 Å². The monoisotopic (exact) mass is 518 g/mol. The Bertz CT molecular complexity index is 1290. The maximum atomic E-state index is 13.6. The molecular formula is C29H31ClN4O3. The molecule has 2 aliphatic rings. The summed E-state index contributed by atoms with van der Waals surface area (Å²) in [6.07, 6.45) is 5.61. The molecule has 0 saturated carbocycles. The predicted octanol–water partition coefficient (Wildman–Crippen LogP) is 4.71. The molecule has 0 radical (unpaired) electrons. The van der Waals surface area contributed by atoms with Crippen molar-refractivity contribution < 1.29 is 14.3 Å². The SMILES string of the molecule is Cc1ncncc1C(=O)N1CCC(COc2cccc(Cl)c2)(CC(=O)N2CCc3ccccc3C2)CC1. The van der Waals surface area contributed by atoms with E-state index >= 15 is 0 Å². The average Bonchev–Trinajstić information content (AvgIpc) is 2.92. The molecule has 7 nitrogen and oxygen atoms in total. The molecule has 2 aliphatic heterocycles. The molecule has 5 rings (SSSR count). The van der Waals surface area contributed by atoms with Crippen molar-refractivity contribution in [2.24, 2.45) is 5.41 Å². The third-order valence-corrected chi connectivity index (χ3v) is 7.84. The number of halogens is 1. The average molecular weight is 519 g/mol. The lowest BCUT2D eigenvalue weighted by Crippen LogP contribution is -2.48. The minimum Gasteiger partial charge on any atom is -0.493 e. The fourth-order valence-electron chi connectivity index (χ4n) is 5.26. The minimum atomic E-state index is -0.380. The topological polar surface area (TPSA) is 75.6 Å². The van der Waals surface area contributed by atoms with Crippen molar-refractivity contribution in [3.63, 3.8) is 0 Å². The summed E-state index contributed by atoms with van der Waals surface area (Å²) in [5, 5.41) is 0.607. The number of benzene rings is 2. The molecule has 2 amide bonds. The van der Waals surface area contributed by atoms with Crippen LogP contribution in [0, 0.1) is 12.3 Å². The first-order valence-electron chi connectivity index (χ1n) is 12.7. The zero-order chi connectivity index (χ0) is 25.8. The second-order valence-electron chi connectivity index (χ2n) is 10.1. The number of ether oxygens (including phenoxy) is 1. The summed E-state index contributed by atoms with van der Waals surface area (Å²) in [6, 6.07) is 15.6. The number of carbonyl (C=O) groups is 2. The molecular weight excluding hydrogens is 488 g/mol. The maximum absolute atomic E-state index is 13.6. The van der Waals surface area contributed by atoms with Gasteiger partial charge in [0.05, 0.1) is 17.9 Å². The molecule has 2 aromatic carbocycles. The van der Waals surface area contributed by atoms with E-state index in [0.717, 1.165) is 13.0 Å². The van der Waals surface area contributed by atoms with E-state index < -0.39 is 0 Å². The number of aromatic nitrogens is 2. The van der Waals surface area contributed by atoms with Crippen LogP contribution in [0.4, 0.5) is 0 Å². The van der Waals surface area contributed by atoms with Crippen LogP contribution in [0.5, 0.6) is 5.75 Å². The summed E-state index contributed by atoms with van der Waals surface area (Å²) in [7, 11) is 0. The molecule has 0 atom stereocenters. The lowest BCUT2D eigenvalue weighted by Gasteiger charge is -2.42. The smallest absolute Gasteiger partial charge is 0.257 e. The molecule has 0 aliphatic carbocycles. The van der Waals surface area contributed by atoms with Crippen LogP contribution in [-0.4, -0.2) is 57.8 Å². The van der Waals surface area contributed by atoms with Gasteiger partial charge in [0.15, 0.2) is 0 Å². The van der Waals surface area contributed by atoms with Gasteiger partial charge in [0.2, 0.25) is 5.91 Å². The van der Waals surface area contributed by atoms with Crippen LogP contribution in [0.1, 0.15) is 46.4 Å². The Morgan fingerprint density at radius 2 is 1.81 bits per heavy atom. The van der Waals surface area contributed by atoms with E-state index in [9.17, 15) is 9.59 Å². The van der Waals surface area contributed by atoms with Crippen LogP contribution in [0.15, 0.2) is 61.1 Å². The fourth-order valence-corrected chi connectivity index (χ4v) is 5.44. The number of aryl methyl sites for hydroxylation is 1. The number of piperidine rings is 1. The first kappa shape index (κ1) is 25.2. The summed E-state index contributed by atoms with van der Waals surface area (Å²) in [5.74, 6) is 0.750. The molecule has 0 N–H and O–H groups in total. The van der Waals surface area contributed by atoms with Crippen molar-refractivity contribution in [3.05, 3.63) is 88.5 Å². The molecule has 0 bridgehead atoms. The fraction of sp³-hybridized carbons (Fsp3) is 0.379. The second-order valence-corrected chi connectivity index (χ2v) is 10.5. The summed E-state index contributed by atoms with van der Waals surface area (Å²) in [6.45, 7) is 4.65. The van der Waals surface area contributed by atoms with Gasteiger partial charge in [-0.05, 0) is 55.5 Å². The number of nitrogens with zero attached hydrogens (tertiary/aromatic N) is 4. The molecule has 1 fully saturated rings. The van der Waals surface area contributed by atoms with Gasteiger partial charge >= 0.3 is 0 Å². The van der Waals surface area contributed by atoms with E-state index in [1.165, 1.54) is 17.5 Å². The number of fused-ring (bicyclic) bond motifs is 1. The van der Waals surface area contributed by atoms with E-state index in [4.69, 9.17) is 16.3 Å². The second kappa shape index (κ2) is 10.9. The Hall–Kier alpha value is -3.45. The molecule has 37 heavy (non-hydrogen) atoms. The molecule has 1 aromatic heterocycles. The van der Waals surface area contributed by atoms with E-state index in [1.54, 1.807) is 18.3 Å². The van der Waals surface area contributed by atoms with Gasteiger partial charge in [-0.15, -0.1) is 0 Å². The number of amides is 2. The number of rotatable bonds is 6. The van der Waals surface area contributed by atoms with Gasteiger partial charge in [-0.1, -0.05) is 41.9 Å². The van der Waals surface area contributed by atoms with Crippen molar-refractivity contribution in [1.29, 1.82) is 0 Å². The Balaban J connectivity index is 1.30. The number of hydrogen-bond donors (Lipinski definition) is 0.